The van der Waals surface area contributed by atoms with Gasteiger partial charge in [0.1, 0.15) is 0 Å². The summed E-state index contributed by atoms with van der Waals surface area (Å²) in [6.07, 6.45) is 0. The molecule has 1 aromatic carbocycles. The third-order valence-corrected chi connectivity index (χ3v) is 3.89. The summed E-state index contributed by atoms with van der Waals surface area (Å²) >= 11 is 11.2. The van der Waals surface area contributed by atoms with Gasteiger partial charge in [-0.05, 0) is 37.3 Å². The fraction of sp³-hybridized carbons (Fsp3) is 0.214. The van der Waals surface area contributed by atoms with Crippen molar-refractivity contribution in [2.45, 2.75) is 13.5 Å². The quantitative estimate of drug-likeness (QED) is 0.508. The maximum atomic E-state index is 10.8. The molecular formula is C14H15ClN4O2S. The summed E-state index contributed by atoms with van der Waals surface area (Å²) in [6, 6.07) is 8.18. The second-order valence-corrected chi connectivity index (χ2v) is 5.57. The molecule has 0 unspecified atom stereocenters. The number of anilines is 1. The molecule has 116 valence electrons. The Morgan fingerprint density at radius 2 is 2.14 bits per heavy atom. The van der Waals surface area contributed by atoms with Crippen molar-refractivity contribution in [1.82, 2.24) is 9.88 Å². The number of benzene rings is 1. The van der Waals surface area contributed by atoms with Gasteiger partial charge in [0, 0.05) is 30.6 Å². The largest absolute Gasteiger partial charge is 0.357 e. The summed E-state index contributed by atoms with van der Waals surface area (Å²) in [7, 11) is 1.97. The van der Waals surface area contributed by atoms with Crippen molar-refractivity contribution in [1.29, 1.82) is 0 Å². The van der Waals surface area contributed by atoms with Crippen LogP contribution in [0.4, 0.5) is 11.4 Å². The second kappa shape index (κ2) is 6.76. The predicted molar refractivity (Wildman–Crippen MR) is 91.3 cm³/mol. The van der Waals surface area contributed by atoms with Crippen LogP contribution >= 0.6 is 23.8 Å². The molecule has 1 heterocycles. The zero-order valence-electron chi connectivity index (χ0n) is 12.1. The molecule has 0 aliphatic carbocycles. The van der Waals surface area contributed by atoms with Crippen LogP contribution in [-0.2, 0) is 13.6 Å². The molecule has 8 heteroatoms. The molecule has 0 radical (unpaired) electrons. The highest BCUT2D eigenvalue weighted by molar-refractivity contribution is 7.80. The Labute approximate surface area is 138 Å². The molecule has 0 bridgehead atoms. The Hall–Kier alpha value is -2.12. The first-order valence-electron chi connectivity index (χ1n) is 6.48. The van der Waals surface area contributed by atoms with E-state index in [1.54, 1.807) is 0 Å². The number of rotatable bonds is 4. The normalized spacial score (nSPS) is 10.3. The van der Waals surface area contributed by atoms with Gasteiger partial charge < -0.3 is 15.2 Å². The molecule has 0 saturated carbocycles. The van der Waals surface area contributed by atoms with Crippen LogP contribution in [0, 0.1) is 17.0 Å². The van der Waals surface area contributed by atoms with Crippen molar-refractivity contribution in [3.8, 4) is 0 Å². The fourth-order valence-electron chi connectivity index (χ4n) is 1.90. The standard InChI is InChI=1S/C14H15ClN4O2S/c1-9-3-4-11(18(9)2)8-16-14(22)17-13-7-10(19(20)21)5-6-12(13)15/h3-7H,8H2,1-2H3,(H2,16,17,22). The Morgan fingerprint density at radius 1 is 1.41 bits per heavy atom. The number of nitro benzene ring substituents is 1. The zero-order chi connectivity index (χ0) is 16.3. The number of hydrogen-bond acceptors (Lipinski definition) is 3. The topological polar surface area (TPSA) is 72.1 Å². The number of nitrogens with zero attached hydrogens (tertiary/aromatic N) is 2. The maximum absolute atomic E-state index is 10.8. The van der Waals surface area contributed by atoms with Crippen LogP contribution in [0.25, 0.3) is 0 Å². The number of nitrogens with one attached hydrogen (secondary N) is 2. The Bertz CT molecular complexity index is 730. The van der Waals surface area contributed by atoms with E-state index >= 15 is 0 Å². The second-order valence-electron chi connectivity index (χ2n) is 4.75. The summed E-state index contributed by atoms with van der Waals surface area (Å²) in [4.78, 5) is 10.3. The molecule has 0 aliphatic heterocycles. The van der Waals surface area contributed by atoms with Crippen molar-refractivity contribution in [2.75, 3.05) is 5.32 Å². The SMILES string of the molecule is Cc1ccc(CNC(=S)Nc2cc([N+](=O)[O-])ccc2Cl)n1C. The third kappa shape index (κ3) is 3.75. The van der Waals surface area contributed by atoms with Crippen molar-refractivity contribution < 1.29 is 4.92 Å². The number of aryl methyl sites for hydroxylation is 1. The summed E-state index contributed by atoms with van der Waals surface area (Å²) in [6.45, 7) is 2.56. The molecule has 2 aromatic rings. The number of aromatic nitrogens is 1. The van der Waals surface area contributed by atoms with Crippen LogP contribution in [0.1, 0.15) is 11.4 Å². The molecule has 0 spiro atoms. The maximum Gasteiger partial charge on any atom is 0.271 e. The first-order chi connectivity index (χ1) is 10.4. The van der Waals surface area contributed by atoms with Crippen LogP contribution in [-0.4, -0.2) is 14.6 Å². The Morgan fingerprint density at radius 3 is 2.73 bits per heavy atom. The molecule has 0 atom stereocenters. The van der Waals surface area contributed by atoms with E-state index in [2.05, 4.69) is 15.2 Å². The highest BCUT2D eigenvalue weighted by atomic mass is 35.5. The lowest BCUT2D eigenvalue weighted by Crippen LogP contribution is -2.28. The number of nitro groups is 1. The van der Waals surface area contributed by atoms with E-state index in [1.807, 2.05) is 26.1 Å². The smallest absolute Gasteiger partial charge is 0.271 e. The van der Waals surface area contributed by atoms with Gasteiger partial charge in [-0.25, -0.2) is 0 Å². The van der Waals surface area contributed by atoms with Crippen molar-refractivity contribution >= 4 is 40.3 Å². The summed E-state index contributed by atoms with van der Waals surface area (Å²) in [5.74, 6) is 0. The van der Waals surface area contributed by atoms with Crippen LogP contribution in [0.2, 0.25) is 5.02 Å². The minimum atomic E-state index is -0.481. The lowest BCUT2D eigenvalue weighted by atomic mass is 10.3. The first kappa shape index (κ1) is 16.3. The highest BCUT2D eigenvalue weighted by Crippen LogP contribution is 2.26. The van der Waals surface area contributed by atoms with Gasteiger partial charge in [-0.2, -0.15) is 0 Å². The van der Waals surface area contributed by atoms with Crippen LogP contribution in [0.15, 0.2) is 30.3 Å². The van der Waals surface area contributed by atoms with E-state index in [4.69, 9.17) is 23.8 Å². The lowest BCUT2D eigenvalue weighted by molar-refractivity contribution is -0.384. The zero-order valence-corrected chi connectivity index (χ0v) is 13.7. The minimum absolute atomic E-state index is 0.0484. The fourth-order valence-corrected chi connectivity index (χ4v) is 2.25. The van der Waals surface area contributed by atoms with Gasteiger partial charge >= 0.3 is 0 Å². The number of thiocarbonyl (C=S) groups is 1. The monoisotopic (exact) mass is 338 g/mol. The summed E-state index contributed by atoms with van der Waals surface area (Å²) < 4.78 is 2.05. The van der Waals surface area contributed by atoms with E-state index in [0.29, 0.717) is 22.4 Å². The molecular weight excluding hydrogens is 324 g/mol. The van der Waals surface area contributed by atoms with Gasteiger partial charge in [-0.15, -0.1) is 0 Å². The molecule has 0 fully saturated rings. The molecule has 0 aliphatic rings. The van der Waals surface area contributed by atoms with Crippen LogP contribution in [0.3, 0.4) is 0 Å². The van der Waals surface area contributed by atoms with Gasteiger partial charge in [0.05, 0.1) is 22.2 Å². The molecule has 2 N–H and O–H groups in total. The number of hydrogen-bond donors (Lipinski definition) is 2. The molecule has 0 saturated heterocycles. The van der Waals surface area contributed by atoms with Crippen molar-refractivity contribution in [3.05, 3.63) is 56.9 Å². The van der Waals surface area contributed by atoms with Gasteiger partial charge in [0.15, 0.2) is 5.11 Å². The number of halogens is 1. The first-order valence-corrected chi connectivity index (χ1v) is 7.27. The van der Waals surface area contributed by atoms with Gasteiger partial charge in [0.2, 0.25) is 0 Å². The molecule has 0 amide bonds. The summed E-state index contributed by atoms with van der Waals surface area (Å²) in [5.41, 5.74) is 2.58. The van der Waals surface area contributed by atoms with Gasteiger partial charge in [0.25, 0.3) is 5.69 Å². The number of non-ortho nitro benzene ring substituents is 1. The van der Waals surface area contributed by atoms with Gasteiger partial charge in [-0.1, -0.05) is 11.6 Å². The Balaban J connectivity index is 2.01. The van der Waals surface area contributed by atoms with Gasteiger partial charge in [-0.3, -0.25) is 10.1 Å². The van der Waals surface area contributed by atoms with E-state index in [0.717, 1.165) is 11.4 Å². The predicted octanol–water partition coefficient (Wildman–Crippen LogP) is 3.38. The molecule has 2 rings (SSSR count). The van der Waals surface area contributed by atoms with E-state index in [-0.39, 0.29) is 5.69 Å². The molecule has 6 nitrogen and oxygen atoms in total. The lowest BCUT2D eigenvalue weighted by Gasteiger charge is -2.12. The Kier molecular flexibility index (Phi) is 4.99. The minimum Gasteiger partial charge on any atom is -0.357 e. The van der Waals surface area contributed by atoms with E-state index < -0.39 is 4.92 Å². The molecule has 1 aromatic heterocycles. The highest BCUT2D eigenvalue weighted by Gasteiger charge is 2.11. The third-order valence-electron chi connectivity index (χ3n) is 3.32. The van der Waals surface area contributed by atoms with E-state index in [1.165, 1.54) is 18.2 Å². The molecule has 22 heavy (non-hydrogen) atoms. The summed E-state index contributed by atoms with van der Waals surface area (Å²) in [5, 5.41) is 17.4. The van der Waals surface area contributed by atoms with Crippen molar-refractivity contribution in [3.63, 3.8) is 0 Å². The van der Waals surface area contributed by atoms with E-state index in [9.17, 15) is 10.1 Å². The van der Waals surface area contributed by atoms with Crippen LogP contribution in [0.5, 0.6) is 0 Å². The average Bonchev–Trinajstić information content (AvgIpc) is 2.78. The van der Waals surface area contributed by atoms with Crippen LogP contribution < -0.4 is 10.6 Å². The van der Waals surface area contributed by atoms with Crippen molar-refractivity contribution in [2.24, 2.45) is 7.05 Å². The average molecular weight is 339 g/mol.